The van der Waals surface area contributed by atoms with Crippen molar-refractivity contribution in [3.05, 3.63) is 57.5 Å². The number of hydrogen-bond acceptors (Lipinski definition) is 5. The predicted molar refractivity (Wildman–Crippen MR) is 86.3 cm³/mol. The number of methoxy groups -OCH3 is 1. The summed E-state index contributed by atoms with van der Waals surface area (Å²) in [6.07, 6.45) is 0. The molecule has 0 atom stereocenters. The summed E-state index contributed by atoms with van der Waals surface area (Å²) in [6, 6.07) is 8.71. The molecule has 5 nitrogen and oxygen atoms in total. The van der Waals surface area contributed by atoms with Crippen LogP contribution in [-0.2, 0) is 10.5 Å². The van der Waals surface area contributed by atoms with Crippen molar-refractivity contribution in [1.82, 2.24) is 9.97 Å². The quantitative estimate of drug-likeness (QED) is 0.521. The molecule has 0 saturated heterocycles. The van der Waals surface area contributed by atoms with E-state index in [9.17, 15) is 9.59 Å². The van der Waals surface area contributed by atoms with Crippen LogP contribution in [0.1, 0.15) is 41.4 Å². The summed E-state index contributed by atoms with van der Waals surface area (Å²) in [6.45, 7) is 4.00. The van der Waals surface area contributed by atoms with Crippen LogP contribution in [0.5, 0.6) is 0 Å². The molecule has 0 amide bonds. The highest BCUT2D eigenvalue weighted by Crippen LogP contribution is 2.20. The number of aromatic amines is 1. The van der Waals surface area contributed by atoms with Gasteiger partial charge in [-0.2, -0.15) is 0 Å². The fourth-order valence-electron chi connectivity index (χ4n) is 1.82. The normalized spacial score (nSPS) is 10.7. The van der Waals surface area contributed by atoms with Gasteiger partial charge in [0.1, 0.15) is 0 Å². The molecule has 22 heavy (non-hydrogen) atoms. The molecule has 1 aromatic heterocycles. The van der Waals surface area contributed by atoms with E-state index in [0.717, 1.165) is 11.3 Å². The Morgan fingerprint density at radius 1 is 1.32 bits per heavy atom. The number of carbonyl (C=O) groups is 1. The SMILES string of the molecule is COC(=O)c1ccc(CSc2nc(C(C)C)cc(=O)[nH]2)cc1. The van der Waals surface area contributed by atoms with Gasteiger partial charge < -0.3 is 9.72 Å². The number of nitrogens with zero attached hydrogens (tertiary/aromatic N) is 1. The number of carbonyl (C=O) groups excluding carboxylic acids is 1. The Bertz CT molecular complexity index is 708. The number of esters is 1. The first kappa shape index (κ1) is 16.3. The Morgan fingerprint density at radius 3 is 2.59 bits per heavy atom. The van der Waals surface area contributed by atoms with Gasteiger partial charge in [-0.15, -0.1) is 0 Å². The zero-order chi connectivity index (χ0) is 16.1. The highest BCUT2D eigenvalue weighted by atomic mass is 32.2. The Hall–Kier alpha value is -2.08. The molecular formula is C16H18N2O3S. The van der Waals surface area contributed by atoms with Gasteiger partial charge in [-0.3, -0.25) is 4.79 Å². The van der Waals surface area contributed by atoms with Gasteiger partial charge in [-0.1, -0.05) is 37.7 Å². The van der Waals surface area contributed by atoms with Crippen LogP contribution in [-0.4, -0.2) is 23.0 Å². The summed E-state index contributed by atoms with van der Waals surface area (Å²) >= 11 is 1.46. The highest BCUT2D eigenvalue weighted by molar-refractivity contribution is 7.98. The van der Waals surface area contributed by atoms with Gasteiger partial charge in [-0.05, 0) is 23.6 Å². The predicted octanol–water partition coefficient (Wildman–Crippen LogP) is 2.97. The maximum absolute atomic E-state index is 11.6. The second-order valence-corrected chi connectivity index (χ2v) is 6.07. The fourth-order valence-corrected chi connectivity index (χ4v) is 2.66. The van der Waals surface area contributed by atoms with Gasteiger partial charge in [-0.25, -0.2) is 9.78 Å². The van der Waals surface area contributed by atoms with Crippen LogP contribution in [0.25, 0.3) is 0 Å². The molecule has 0 saturated carbocycles. The smallest absolute Gasteiger partial charge is 0.337 e. The zero-order valence-electron chi connectivity index (χ0n) is 12.8. The number of ether oxygens (including phenoxy) is 1. The lowest BCUT2D eigenvalue weighted by Gasteiger charge is -2.07. The van der Waals surface area contributed by atoms with Crippen molar-refractivity contribution in [2.75, 3.05) is 7.11 Å². The van der Waals surface area contributed by atoms with E-state index in [0.29, 0.717) is 16.5 Å². The van der Waals surface area contributed by atoms with Crippen LogP contribution in [0.4, 0.5) is 0 Å². The molecule has 0 aliphatic heterocycles. The maximum atomic E-state index is 11.6. The average Bonchev–Trinajstić information content (AvgIpc) is 2.52. The Morgan fingerprint density at radius 2 is 2.00 bits per heavy atom. The fraction of sp³-hybridized carbons (Fsp3) is 0.312. The second-order valence-electron chi connectivity index (χ2n) is 5.11. The largest absolute Gasteiger partial charge is 0.465 e. The van der Waals surface area contributed by atoms with E-state index in [2.05, 4.69) is 14.7 Å². The third kappa shape index (κ3) is 4.21. The molecule has 0 radical (unpaired) electrons. The summed E-state index contributed by atoms with van der Waals surface area (Å²) in [5.41, 5.74) is 2.20. The molecule has 0 spiro atoms. The minimum atomic E-state index is -0.352. The maximum Gasteiger partial charge on any atom is 0.337 e. The van der Waals surface area contributed by atoms with E-state index in [4.69, 9.17) is 0 Å². The number of hydrogen-bond donors (Lipinski definition) is 1. The third-order valence-corrected chi connectivity index (χ3v) is 4.03. The minimum Gasteiger partial charge on any atom is -0.465 e. The van der Waals surface area contributed by atoms with E-state index in [1.54, 1.807) is 12.1 Å². The first-order chi connectivity index (χ1) is 10.5. The first-order valence-corrected chi connectivity index (χ1v) is 7.89. The molecule has 6 heteroatoms. The second kappa shape index (κ2) is 7.26. The van der Waals surface area contributed by atoms with E-state index >= 15 is 0 Å². The van der Waals surface area contributed by atoms with Crippen molar-refractivity contribution in [3.63, 3.8) is 0 Å². The van der Waals surface area contributed by atoms with Crippen molar-refractivity contribution < 1.29 is 9.53 Å². The van der Waals surface area contributed by atoms with E-state index < -0.39 is 0 Å². The van der Waals surface area contributed by atoms with Crippen LogP contribution in [0.3, 0.4) is 0 Å². The summed E-state index contributed by atoms with van der Waals surface area (Å²) in [4.78, 5) is 30.2. The molecule has 116 valence electrons. The van der Waals surface area contributed by atoms with Gasteiger partial charge in [0.15, 0.2) is 5.16 Å². The summed E-state index contributed by atoms with van der Waals surface area (Å²) in [7, 11) is 1.36. The third-order valence-electron chi connectivity index (χ3n) is 3.08. The topological polar surface area (TPSA) is 72.0 Å². The van der Waals surface area contributed by atoms with Gasteiger partial charge in [0.25, 0.3) is 5.56 Å². The average molecular weight is 318 g/mol. The lowest BCUT2D eigenvalue weighted by molar-refractivity contribution is 0.0600. The monoisotopic (exact) mass is 318 g/mol. The van der Waals surface area contributed by atoms with Gasteiger partial charge in [0, 0.05) is 11.8 Å². The Labute approximate surface area is 133 Å². The van der Waals surface area contributed by atoms with Crippen LogP contribution in [0.2, 0.25) is 0 Å². The van der Waals surface area contributed by atoms with Crippen molar-refractivity contribution in [1.29, 1.82) is 0 Å². The lowest BCUT2D eigenvalue weighted by atomic mass is 10.1. The van der Waals surface area contributed by atoms with Crippen LogP contribution >= 0.6 is 11.8 Å². The molecule has 0 unspecified atom stereocenters. The first-order valence-electron chi connectivity index (χ1n) is 6.91. The van der Waals surface area contributed by atoms with Gasteiger partial charge in [0.05, 0.1) is 18.4 Å². The summed E-state index contributed by atoms with van der Waals surface area (Å²) in [5.74, 6) is 0.516. The summed E-state index contributed by atoms with van der Waals surface area (Å²) < 4.78 is 4.66. The Kier molecular flexibility index (Phi) is 5.38. The molecule has 0 fully saturated rings. The van der Waals surface area contributed by atoms with E-state index in [1.807, 2.05) is 26.0 Å². The summed E-state index contributed by atoms with van der Waals surface area (Å²) in [5, 5.41) is 0.605. The van der Waals surface area contributed by atoms with Crippen molar-refractivity contribution in [3.8, 4) is 0 Å². The molecule has 0 bridgehead atoms. The molecule has 0 aliphatic carbocycles. The molecule has 0 aliphatic rings. The molecular weight excluding hydrogens is 300 g/mol. The standard InChI is InChI=1S/C16H18N2O3S/c1-10(2)13-8-14(19)18-16(17-13)22-9-11-4-6-12(7-5-11)15(20)21-3/h4-8,10H,9H2,1-3H3,(H,17,18,19). The van der Waals surface area contributed by atoms with Crippen molar-refractivity contribution in [2.45, 2.75) is 30.7 Å². The molecule has 1 N–H and O–H groups in total. The zero-order valence-corrected chi connectivity index (χ0v) is 13.6. The Balaban J connectivity index is 2.07. The highest BCUT2D eigenvalue weighted by Gasteiger charge is 2.07. The van der Waals surface area contributed by atoms with Crippen LogP contribution < -0.4 is 5.56 Å². The van der Waals surface area contributed by atoms with Crippen molar-refractivity contribution in [2.24, 2.45) is 0 Å². The number of benzene rings is 1. The van der Waals surface area contributed by atoms with Crippen molar-refractivity contribution >= 4 is 17.7 Å². The molecule has 1 heterocycles. The number of nitrogens with one attached hydrogen (secondary N) is 1. The number of thioether (sulfide) groups is 1. The number of rotatable bonds is 5. The van der Waals surface area contributed by atoms with Crippen LogP contribution in [0, 0.1) is 0 Å². The van der Waals surface area contributed by atoms with E-state index in [1.165, 1.54) is 24.9 Å². The lowest BCUT2D eigenvalue weighted by Crippen LogP contribution is -2.10. The number of aromatic nitrogens is 2. The minimum absolute atomic E-state index is 0.137. The van der Waals surface area contributed by atoms with Gasteiger partial charge in [0.2, 0.25) is 0 Å². The molecule has 1 aromatic carbocycles. The van der Waals surface area contributed by atoms with Gasteiger partial charge >= 0.3 is 5.97 Å². The number of H-pyrrole nitrogens is 1. The molecule has 2 aromatic rings. The van der Waals surface area contributed by atoms with E-state index in [-0.39, 0.29) is 17.4 Å². The molecule has 2 rings (SSSR count). The van der Waals surface area contributed by atoms with Crippen LogP contribution in [0.15, 0.2) is 40.3 Å².